The minimum Gasteiger partial charge on any atom is -0.493 e. The molecule has 5 nitrogen and oxygen atoms in total. The minimum absolute atomic E-state index is 0.300. The van der Waals surface area contributed by atoms with Crippen LogP contribution in [0.2, 0.25) is 5.02 Å². The van der Waals surface area contributed by atoms with Crippen LogP contribution in [0.1, 0.15) is 16.7 Å². The average molecular weight is 413 g/mol. The molecule has 0 unspecified atom stereocenters. The van der Waals surface area contributed by atoms with E-state index in [-0.39, 0.29) is 0 Å². The Hall–Kier alpha value is -2.89. The molecule has 29 heavy (non-hydrogen) atoms. The number of nitrogens with two attached hydrogens (primary N) is 1. The van der Waals surface area contributed by atoms with Crippen LogP contribution >= 0.6 is 11.6 Å². The monoisotopic (exact) mass is 412 g/mol. The van der Waals surface area contributed by atoms with Gasteiger partial charge in [0.05, 0.1) is 7.11 Å². The predicted octanol–water partition coefficient (Wildman–Crippen LogP) is 3.92. The van der Waals surface area contributed by atoms with Crippen LogP contribution in [0.5, 0.6) is 23.0 Å². The lowest BCUT2D eigenvalue weighted by Gasteiger charge is -2.12. The van der Waals surface area contributed by atoms with E-state index in [0.29, 0.717) is 24.2 Å². The van der Waals surface area contributed by atoms with Crippen molar-refractivity contribution in [3.8, 4) is 23.0 Å². The molecule has 150 valence electrons. The zero-order valence-corrected chi connectivity index (χ0v) is 16.9. The summed E-state index contributed by atoms with van der Waals surface area (Å²) in [7, 11) is 1.65. The molecule has 1 aliphatic rings. The number of fused-ring (bicyclic) bond motifs is 1. The summed E-state index contributed by atoms with van der Waals surface area (Å²) in [5.74, 6) is 3.07. The zero-order valence-electron chi connectivity index (χ0n) is 16.2. The van der Waals surface area contributed by atoms with Crippen molar-refractivity contribution in [2.45, 2.75) is 19.7 Å². The normalized spacial score (nSPS) is 12.1. The van der Waals surface area contributed by atoms with Crippen LogP contribution in [-0.2, 0) is 19.7 Å². The van der Waals surface area contributed by atoms with Crippen LogP contribution in [0.3, 0.4) is 0 Å². The van der Waals surface area contributed by atoms with Gasteiger partial charge in [0.2, 0.25) is 6.79 Å². The molecule has 1 aliphatic heterocycles. The summed E-state index contributed by atoms with van der Waals surface area (Å²) < 4.78 is 22.2. The van der Waals surface area contributed by atoms with E-state index in [4.69, 9.17) is 30.5 Å². The molecule has 0 bridgehead atoms. The molecule has 1 heterocycles. The number of hydrogen-bond donors (Lipinski definition) is 1. The first kappa shape index (κ1) is 19.4. The minimum atomic E-state index is 0.300. The lowest BCUT2D eigenvalue weighted by atomic mass is 10.1. The molecular formula is C23H23ClNO4+. The van der Waals surface area contributed by atoms with Gasteiger partial charge in [0.25, 0.3) is 0 Å². The van der Waals surface area contributed by atoms with Crippen LogP contribution in [0.25, 0.3) is 0 Å². The van der Waals surface area contributed by atoms with Crippen molar-refractivity contribution >= 4 is 11.6 Å². The van der Waals surface area contributed by atoms with Gasteiger partial charge in [0.15, 0.2) is 23.0 Å². The summed E-state index contributed by atoms with van der Waals surface area (Å²) in [4.78, 5) is 0. The van der Waals surface area contributed by atoms with Gasteiger partial charge in [0, 0.05) is 16.1 Å². The lowest BCUT2D eigenvalue weighted by Crippen LogP contribution is -2.80. The highest BCUT2D eigenvalue weighted by Gasteiger charge is 2.14. The number of quaternary nitrogens is 1. The Morgan fingerprint density at radius 2 is 1.66 bits per heavy atom. The van der Waals surface area contributed by atoms with Crippen LogP contribution in [-0.4, -0.2) is 13.9 Å². The van der Waals surface area contributed by atoms with Crippen molar-refractivity contribution in [2.75, 3.05) is 13.9 Å². The van der Waals surface area contributed by atoms with E-state index in [1.807, 2.05) is 48.5 Å². The maximum absolute atomic E-state index is 6.03. The molecular weight excluding hydrogens is 390 g/mol. The Morgan fingerprint density at radius 1 is 0.862 bits per heavy atom. The molecule has 0 spiro atoms. The van der Waals surface area contributed by atoms with Gasteiger partial charge in [-0.1, -0.05) is 23.7 Å². The van der Waals surface area contributed by atoms with Crippen LogP contribution in [0.4, 0.5) is 0 Å². The smallest absolute Gasteiger partial charge is 0.231 e. The fourth-order valence-corrected chi connectivity index (χ4v) is 3.43. The van der Waals surface area contributed by atoms with E-state index in [9.17, 15) is 0 Å². The summed E-state index contributed by atoms with van der Waals surface area (Å²) in [6.07, 6.45) is 0. The van der Waals surface area contributed by atoms with E-state index >= 15 is 0 Å². The van der Waals surface area contributed by atoms with E-state index < -0.39 is 0 Å². The van der Waals surface area contributed by atoms with Crippen molar-refractivity contribution in [1.82, 2.24) is 0 Å². The molecule has 0 saturated carbocycles. The van der Waals surface area contributed by atoms with Crippen LogP contribution in [0.15, 0.2) is 60.7 Å². The highest BCUT2D eigenvalue weighted by molar-refractivity contribution is 6.30. The molecule has 0 atom stereocenters. The van der Waals surface area contributed by atoms with Gasteiger partial charge in [-0.2, -0.15) is 0 Å². The van der Waals surface area contributed by atoms with E-state index in [2.05, 4.69) is 17.4 Å². The average Bonchev–Trinajstić information content (AvgIpc) is 3.20. The van der Waals surface area contributed by atoms with Gasteiger partial charge in [-0.25, -0.2) is 0 Å². The second-order valence-electron chi connectivity index (χ2n) is 6.79. The quantitative estimate of drug-likeness (QED) is 0.609. The fraction of sp³-hybridized carbons (Fsp3) is 0.217. The molecule has 3 aromatic rings. The summed E-state index contributed by atoms with van der Waals surface area (Å²) in [5.41, 5.74) is 3.38. The summed E-state index contributed by atoms with van der Waals surface area (Å²) in [6.45, 7) is 2.42. The molecule has 3 aromatic carbocycles. The van der Waals surface area contributed by atoms with Gasteiger partial charge in [-0.05, 0) is 54.1 Å². The van der Waals surface area contributed by atoms with Gasteiger partial charge >= 0.3 is 0 Å². The SMILES string of the molecule is COc1cc(C[NH2+]Cc2ccc3c(c2)OCO3)ccc1OCc1cccc(Cl)c1. The largest absolute Gasteiger partial charge is 0.493 e. The first-order valence-electron chi connectivity index (χ1n) is 9.45. The molecule has 0 saturated heterocycles. The summed E-state index contributed by atoms with van der Waals surface area (Å²) in [6, 6.07) is 19.7. The van der Waals surface area contributed by atoms with Crippen molar-refractivity contribution < 1.29 is 24.3 Å². The van der Waals surface area contributed by atoms with Crippen molar-refractivity contribution in [2.24, 2.45) is 0 Å². The highest BCUT2D eigenvalue weighted by atomic mass is 35.5. The van der Waals surface area contributed by atoms with Gasteiger partial charge in [-0.3, -0.25) is 0 Å². The number of benzene rings is 3. The molecule has 0 aliphatic carbocycles. The number of halogens is 1. The first-order valence-corrected chi connectivity index (χ1v) is 9.83. The standard InChI is InChI=1S/C23H22ClNO4/c1-26-22-10-16(5-7-20(22)27-14-18-3-2-4-19(24)9-18)12-25-13-17-6-8-21-23(11-17)29-15-28-21/h2-11,25H,12-15H2,1H3/p+1. The second kappa shape index (κ2) is 9.07. The summed E-state index contributed by atoms with van der Waals surface area (Å²) in [5, 5.41) is 2.94. The Morgan fingerprint density at radius 3 is 2.48 bits per heavy atom. The highest BCUT2D eigenvalue weighted by Crippen LogP contribution is 2.32. The maximum atomic E-state index is 6.03. The maximum Gasteiger partial charge on any atom is 0.231 e. The molecule has 2 N–H and O–H groups in total. The molecule has 0 aromatic heterocycles. The van der Waals surface area contributed by atoms with Crippen molar-refractivity contribution in [3.63, 3.8) is 0 Å². The molecule has 4 rings (SSSR count). The third kappa shape index (κ3) is 4.94. The van der Waals surface area contributed by atoms with Crippen LogP contribution < -0.4 is 24.3 Å². The van der Waals surface area contributed by atoms with Crippen molar-refractivity contribution in [3.05, 3.63) is 82.4 Å². The van der Waals surface area contributed by atoms with E-state index in [1.165, 1.54) is 5.56 Å². The van der Waals surface area contributed by atoms with Gasteiger partial charge in [0.1, 0.15) is 19.7 Å². The first-order chi connectivity index (χ1) is 14.2. The summed E-state index contributed by atoms with van der Waals surface area (Å²) >= 11 is 6.03. The topological polar surface area (TPSA) is 53.5 Å². The predicted molar refractivity (Wildman–Crippen MR) is 111 cm³/mol. The Balaban J connectivity index is 1.33. The van der Waals surface area contributed by atoms with Gasteiger partial charge < -0.3 is 24.3 Å². The Labute approximate surface area is 175 Å². The van der Waals surface area contributed by atoms with Gasteiger partial charge in [-0.15, -0.1) is 0 Å². The number of rotatable bonds is 8. The number of ether oxygens (including phenoxy) is 4. The third-order valence-corrected chi connectivity index (χ3v) is 4.94. The second-order valence-corrected chi connectivity index (χ2v) is 7.22. The Bertz CT molecular complexity index is 992. The number of hydrogen-bond acceptors (Lipinski definition) is 4. The molecule has 0 amide bonds. The van der Waals surface area contributed by atoms with Crippen molar-refractivity contribution in [1.29, 1.82) is 0 Å². The third-order valence-electron chi connectivity index (χ3n) is 4.71. The molecule has 0 fully saturated rings. The molecule has 6 heteroatoms. The van der Waals surface area contributed by atoms with E-state index in [1.54, 1.807) is 7.11 Å². The molecule has 0 radical (unpaired) electrons. The fourth-order valence-electron chi connectivity index (χ4n) is 3.22. The van der Waals surface area contributed by atoms with E-state index in [0.717, 1.165) is 41.5 Å². The Kier molecular flexibility index (Phi) is 6.08. The lowest BCUT2D eigenvalue weighted by molar-refractivity contribution is -0.686. The zero-order chi connectivity index (χ0) is 20.1. The number of methoxy groups -OCH3 is 1. The van der Waals surface area contributed by atoms with Crippen LogP contribution in [0, 0.1) is 0 Å².